The first-order chi connectivity index (χ1) is 10.9. The van der Waals surface area contributed by atoms with Gasteiger partial charge in [-0.3, -0.25) is 4.99 Å². The predicted octanol–water partition coefficient (Wildman–Crippen LogP) is 1.58. The smallest absolute Gasteiger partial charge is 0.407 e. The zero-order chi connectivity index (χ0) is 17.1. The third kappa shape index (κ3) is 11.1. The molecule has 1 amide bonds. The molecule has 0 atom stereocenters. The zero-order valence-corrected chi connectivity index (χ0v) is 17.2. The highest BCUT2D eigenvalue weighted by molar-refractivity contribution is 14.0. The highest BCUT2D eigenvalue weighted by atomic mass is 127. The first-order valence-electron chi connectivity index (χ1n) is 7.78. The fourth-order valence-corrected chi connectivity index (χ4v) is 1.77. The average molecular weight is 452 g/mol. The van der Waals surface area contributed by atoms with Gasteiger partial charge in [-0.25, -0.2) is 9.78 Å². The quantitative estimate of drug-likeness (QED) is 0.253. The minimum absolute atomic E-state index is 0. The Labute approximate surface area is 160 Å². The molecule has 1 rings (SSSR count). The second-order valence-electron chi connectivity index (χ2n) is 6.01. The molecule has 1 aromatic heterocycles. The number of rotatable bonds is 7. The van der Waals surface area contributed by atoms with Gasteiger partial charge in [0, 0.05) is 45.6 Å². The number of aryl methyl sites for hydroxylation is 1. The van der Waals surface area contributed by atoms with E-state index in [0.29, 0.717) is 19.0 Å². The Balaban J connectivity index is 0.00000529. The van der Waals surface area contributed by atoms with Crippen LogP contribution in [0.4, 0.5) is 4.79 Å². The maximum Gasteiger partial charge on any atom is 0.407 e. The summed E-state index contributed by atoms with van der Waals surface area (Å²) in [7, 11) is 1.71. The molecule has 9 heteroatoms. The zero-order valence-electron chi connectivity index (χ0n) is 14.8. The number of hydrogen-bond donors (Lipinski definition) is 3. The molecule has 0 unspecified atom stereocenters. The number of carbonyl (C=O) groups excluding carboxylic acids is 1. The second-order valence-corrected chi connectivity index (χ2v) is 6.01. The van der Waals surface area contributed by atoms with Crippen molar-refractivity contribution in [2.45, 2.75) is 39.3 Å². The van der Waals surface area contributed by atoms with Crippen LogP contribution < -0.4 is 16.0 Å². The van der Waals surface area contributed by atoms with Gasteiger partial charge in [-0.2, -0.15) is 0 Å². The molecular weight excluding hydrogens is 423 g/mol. The molecule has 0 aliphatic heterocycles. The standard InChI is InChI=1S/C15H28N6O2.HI/c1-15(2,3)23-14(22)20-8-7-19-13(16-4)18-6-5-10-21-11-9-17-12-21;/h9,11-12H,5-8,10H2,1-4H3,(H,20,22)(H2,16,18,19);1H. The predicted molar refractivity (Wildman–Crippen MR) is 106 cm³/mol. The fourth-order valence-electron chi connectivity index (χ4n) is 1.77. The molecule has 138 valence electrons. The summed E-state index contributed by atoms with van der Waals surface area (Å²) in [5, 5.41) is 9.04. The Morgan fingerprint density at radius 3 is 2.46 bits per heavy atom. The third-order valence-corrected chi connectivity index (χ3v) is 2.75. The topological polar surface area (TPSA) is 92.6 Å². The summed E-state index contributed by atoms with van der Waals surface area (Å²) in [5.41, 5.74) is -0.482. The number of nitrogens with zero attached hydrogens (tertiary/aromatic N) is 3. The molecule has 24 heavy (non-hydrogen) atoms. The third-order valence-electron chi connectivity index (χ3n) is 2.75. The van der Waals surface area contributed by atoms with Gasteiger partial charge in [-0.05, 0) is 27.2 Å². The van der Waals surface area contributed by atoms with E-state index in [2.05, 4.69) is 25.9 Å². The van der Waals surface area contributed by atoms with E-state index < -0.39 is 11.7 Å². The summed E-state index contributed by atoms with van der Waals surface area (Å²) >= 11 is 0. The number of amides is 1. The molecule has 1 heterocycles. The van der Waals surface area contributed by atoms with Gasteiger partial charge in [0.15, 0.2) is 5.96 Å². The van der Waals surface area contributed by atoms with Crippen molar-refractivity contribution in [1.29, 1.82) is 0 Å². The molecule has 0 saturated carbocycles. The molecule has 0 aromatic carbocycles. The first kappa shape index (κ1) is 22.5. The molecule has 0 bridgehead atoms. The van der Waals surface area contributed by atoms with Crippen LogP contribution in [0.25, 0.3) is 0 Å². The summed E-state index contributed by atoms with van der Waals surface area (Å²) in [4.78, 5) is 19.6. The van der Waals surface area contributed by atoms with Crippen molar-refractivity contribution in [3.63, 3.8) is 0 Å². The molecule has 0 saturated heterocycles. The minimum atomic E-state index is -0.482. The minimum Gasteiger partial charge on any atom is -0.444 e. The number of ether oxygens (including phenoxy) is 1. The van der Waals surface area contributed by atoms with Gasteiger partial charge in [0.25, 0.3) is 0 Å². The lowest BCUT2D eigenvalue weighted by Gasteiger charge is -2.19. The Morgan fingerprint density at radius 1 is 1.21 bits per heavy atom. The number of halogens is 1. The Hall–Kier alpha value is -1.52. The number of alkyl carbamates (subject to hydrolysis) is 1. The van der Waals surface area contributed by atoms with Crippen molar-refractivity contribution < 1.29 is 9.53 Å². The SMILES string of the molecule is CN=C(NCCCn1ccnc1)NCCNC(=O)OC(C)(C)C.I. The molecule has 0 aliphatic rings. The molecule has 1 aromatic rings. The van der Waals surface area contributed by atoms with Crippen LogP contribution in [0.1, 0.15) is 27.2 Å². The van der Waals surface area contributed by atoms with E-state index in [9.17, 15) is 4.79 Å². The van der Waals surface area contributed by atoms with Crippen LogP contribution in [0, 0.1) is 0 Å². The maximum absolute atomic E-state index is 11.5. The van der Waals surface area contributed by atoms with E-state index in [4.69, 9.17) is 4.74 Å². The molecule has 0 radical (unpaired) electrons. The molecule has 3 N–H and O–H groups in total. The summed E-state index contributed by atoms with van der Waals surface area (Å²) < 4.78 is 7.19. The lowest BCUT2D eigenvalue weighted by atomic mass is 10.2. The molecule has 8 nitrogen and oxygen atoms in total. The lowest BCUT2D eigenvalue weighted by Crippen LogP contribution is -2.42. The number of imidazole rings is 1. The number of carbonyl (C=O) groups is 1. The summed E-state index contributed by atoms with van der Waals surface area (Å²) in [6, 6.07) is 0. The van der Waals surface area contributed by atoms with Crippen LogP contribution in [-0.4, -0.2) is 53.9 Å². The van der Waals surface area contributed by atoms with E-state index >= 15 is 0 Å². The van der Waals surface area contributed by atoms with Crippen molar-refractivity contribution in [3.05, 3.63) is 18.7 Å². The monoisotopic (exact) mass is 452 g/mol. The number of hydrogen-bond acceptors (Lipinski definition) is 4. The maximum atomic E-state index is 11.5. The average Bonchev–Trinajstić information content (AvgIpc) is 2.97. The number of aromatic nitrogens is 2. The van der Waals surface area contributed by atoms with Gasteiger partial charge in [-0.15, -0.1) is 24.0 Å². The normalized spacial score (nSPS) is 11.4. The largest absolute Gasteiger partial charge is 0.444 e. The molecule has 0 spiro atoms. The van der Waals surface area contributed by atoms with E-state index in [1.54, 1.807) is 19.6 Å². The van der Waals surface area contributed by atoms with Crippen molar-refractivity contribution in [1.82, 2.24) is 25.5 Å². The highest BCUT2D eigenvalue weighted by Gasteiger charge is 2.15. The van der Waals surface area contributed by atoms with E-state index in [1.165, 1.54) is 0 Å². The van der Waals surface area contributed by atoms with Gasteiger partial charge in [0.2, 0.25) is 0 Å². The van der Waals surface area contributed by atoms with Gasteiger partial charge in [0.1, 0.15) is 5.60 Å². The van der Waals surface area contributed by atoms with Crippen molar-refractivity contribution >= 4 is 36.0 Å². The van der Waals surface area contributed by atoms with Crippen LogP contribution in [0.3, 0.4) is 0 Å². The highest BCUT2D eigenvalue weighted by Crippen LogP contribution is 2.05. The fraction of sp³-hybridized carbons (Fsp3) is 0.667. The van der Waals surface area contributed by atoms with Gasteiger partial charge < -0.3 is 25.3 Å². The van der Waals surface area contributed by atoms with E-state index in [1.807, 2.05) is 31.5 Å². The number of nitrogens with one attached hydrogen (secondary N) is 3. The van der Waals surface area contributed by atoms with Gasteiger partial charge in [-0.1, -0.05) is 0 Å². The summed E-state index contributed by atoms with van der Waals surface area (Å²) in [5.74, 6) is 0.710. The van der Waals surface area contributed by atoms with Crippen LogP contribution in [0.15, 0.2) is 23.7 Å². The Bertz CT molecular complexity index is 485. The van der Waals surface area contributed by atoms with Crippen LogP contribution >= 0.6 is 24.0 Å². The first-order valence-corrected chi connectivity index (χ1v) is 7.78. The summed E-state index contributed by atoms with van der Waals surface area (Å²) in [6.45, 7) is 8.24. The molecule has 0 fully saturated rings. The summed E-state index contributed by atoms with van der Waals surface area (Å²) in [6.07, 6.45) is 6.06. The Kier molecular flexibility index (Phi) is 11.2. The van der Waals surface area contributed by atoms with Crippen molar-refractivity contribution in [2.24, 2.45) is 4.99 Å². The number of guanidine groups is 1. The van der Waals surface area contributed by atoms with Crippen LogP contribution in [0.2, 0.25) is 0 Å². The van der Waals surface area contributed by atoms with Gasteiger partial charge in [0.05, 0.1) is 6.33 Å². The lowest BCUT2D eigenvalue weighted by molar-refractivity contribution is 0.0529. The number of aliphatic imine (C=N–C) groups is 1. The Morgan fingerprint density at radius 2 is 1.88 bits per heavy atom. The van der Waals surface area contributed by atoms with Crippen LogP contribution in [-0.2, 0) is 11.3 Å². The van der Waals surface area contributed by atoms with E-state index in [0.717, 1.165) is 19.5 Å². The van der Waals surface area contributed by atoms with E-state index in [-0.39, 0.29) is 24.0 Å². The van der Waals surface area contributed by atoms with Crippen molar-refractivity contribution in [3.8, 4) is 0 Å². The molecule has 0 aliphatic carbocycles. The second kappa shape index (κ2) is 11.9. The van der Waals surface area contributed by atoms with Gasteiger partial charge >= 0.3 is 6.09 Å². The molecular formula is C15H29IN6O2. The van der Waals surface area contributed by atoms with Crippen LogP contribution in [0.5, 0.6) is 0 Å². The van der Waals surface area contributed by atoms with Crippen molar-refractivity contribution in [2.75, 3.05) is 26.7 Å².